The van der Waals surface area contributed by atoms with E-state index in [0.717, 1.165) is 16.9 Å². The average Bonchev–Trinajstić information content (AvgIpc) is 3.20. The smallest absolute Gasteiger partial charge is 0.231 e. The van der Waals surface area contributed by atoms with E-state index < -0.39 is 0 Å². The first-order chi connectivity index (χ1) is 15.0. The van der Waals surface area contributed by atoms with Crippen LogP contribution in [0.1, 0.15) is 16.8 Å². The van der Waals surface area contributed by atoms with Crippen molar-refractivity contribution in [2.24, 2.45) is 0 Å². The monoisotopic (exact) mass is 419 g/mol. The van der Waals surface area contributed by atoms with E-state index in [4.69, 9.17) is 9.47 Å². The Balaban J connectivity index is 1.25. The van der Waals surface area contributed by atoms with Crippen molar-refractivity contribution in [3.8, 4) is 11.5 Å². The van der Waals surface area contributed by atoms with Gasteiger partial charge in [0.15, 0.2) is 11.5 Å². The van der Waals surface area contributed by atoms with Crippen molar-refractivity contribution in [3.63, 3.8) is 0 Å². The van der Waals surface area contributed by atoms with E-state index in [1.54, 1.807) is 0 Å². The molecule has 1 aliphatic heterocycles. The number of benzene rings is 2. The van der Waals surface area contributed by atoms with Crippen LogP contribution in [0.4, 0.5) is 17.5 Å². The van der Waals surface area contributed by atoms with Crippen LogP contribution in [0, 0.1) is 13.8 Å². The highest BCUT2D eigenvalue weighted by Crippen LogP contribution is 2.32. The van der Waals surface area contributed by atoms with Gasteiger partial charge in [0.2, 0.25) is 18.6 Å². The average molecular weight is 419 g/mol. The molecule has 4 rings (SSSR count). The molecule has 8 heteroatoms. The molecule has 8 nitrogen and oxygen atoms in total. The Morgan fingerprint density at radius 1 is 0.968 bits per heavy atom. The minimum atomic E-state index is -0.0625. The van der Waals surface area contributed by atoms with Gasteiger partial charge < -0.3 is 25.4 Å². The molecule has 0 saturated heterocycles. The fraction of sp³-hybridized carbons (Fsp3) is 0.261. The van der Waals surface area contributed by atoms with Crippen molar-refractivity contribution >= 4 is 23.4 Å². The first kappa shape index (κ1) is 20.5. The summed E-state index contributed by atoms with van der Waals surface area (Å²) in [7, 11) is 0. The molecule has 0 unspecified atom stereocenters. The molecular weight excluding hydrogens is 394 g/mol. The number of amides is 1. The van der Waals surface area contributed by atoms with Crippen LogP contribution in [-0.2, 0) is 11.2 Å². The van der Waals surface area contributed by atoms with E-state index in [2.05, 4.69) is 32.8 Å². The number of nitrogens with zero attached hydrogens (tertiary/aromatic N) is 2. The van der Waals surface area contributed by atoms with Crippen molar-refractivity contribution < 1.29 is 14.3 Å². The van der Waals surface area contributed by atoms with E-state index in [9.17, 15) is 4.79 Å². The second-order valence-corrected chi connectivity index (χ2v) is 7.35. The maximum atomic E-state index is 12.2. The number of fused-ring (bicyclic) bond motifs is 1. The predicted octanol–water partition coefficient (Wildman–Crippen LogP) is 3.34. The second-order valence-electron chi connectivity index (χ2n) is 7.35. The third-order valence-electron chi connectivity index (χ3n) is 4.71. The molecule has 160 valence electrons. The number of hydrogen-bond donors (Lipinski definition) is 3. The molecule has 0 fully saturated rings. The van der Waals surface area contributed by atoms with Crippen molar-refractivity contribution in [1.29, 1.82) is 0 Å². The van der Waals surface area contributed by atoms with Crippen molar-refractivity contribution in [2.45, 2.75) is 20.3 Å². The van der Waals surface area contributed by atoms with Gasteiger partial charge in [-0.25, -0.2) is 4.98 Å². The highest BCUT2D eigenvalue weighted by Gasteiger charge is 2.14. The summed E-state index contributed by atoms with van der Waals surface area (Å²) in [5.74, 6) is 2.55. The molecule has 1 aromatic heterocycles. The van der Waals surface area contributed by atoms with Crippen molar-refractivity contribution in [3.05, 3.63) is 65.4 Å². The number of carbonyl (C=O) groups is 1. The lowest BCUT2D eigenvalue weighted by molar-refractivity contribution is -0.120. The largest absolute Gasteiger partial charge is 0.454 e. The van der Waals surface area contributed by atoms with Crippen LogP contribution in [0.15, 0.2) is 48.5 Å². The molecular formula is C23H25N5O3. The number of ether oxygens (including phenoxy) is 2. The van der Waals surface area contributed by atoms with Crippen LogP contribution in [0.5, 0.6) is 11.5 Å². The summed E-state index contributed by atoms with van der Waals surface area (Å²) < 4.78 is 10.6. The van der Waals surface area contributed by atoms with E-state index in [0.29, 0.717) is 36.4 Å². The number of aromatic nitrogens is 2. The Labute approximate surface area is 181 Å². The summed E-state index contributed by atoms with van der Waals surface area (Å²) in [6.07, 6.45) is 0.280. The number of hydrogen-bond acceptors (Lipinski definition) is 7. The van der Waals surface area contributed by atoms with Gasteiger partial charge >= 0.3 is 0 Å². The van der Waals surface area contributed by atoms with Gasteiger partial charge in [-0.05, 0) is 43.7 Å². The highest BCUT2D eigenvalue weighted by atomic mass is 16.7. The summed E-state index contributed by atoms with van der Waals surface area (Å²) in [6, 6.07) is 15.5. The van der Waals surface area contributed by atoms with E-state index >= 15 is 0 Å². The van der Waals surface area contributed by atoms with Crippen molar-refractivity contribution in [1.82, 2.24) is 15.3 Å². The number of nitrogens with one attached hydrogen (secondary N) is 3. The predicted molar refractivity (Wildman–Crippen MR) is 119 cm³/mol. The van der Waals surface area contributed by atoms with E-state index in [-0.39, 0.29) is 19.1 Å². The van der Waals surface area contributed by atoms with E-state index in [1.165, 1.54) is 5.56 Å². The SMILES string of the molecule is Cc1ccc(Nc2cc(C)nc(NCCNC(=O)Cc3ccc4c(c3)OCO4)n2)cc1. The molecule has 0 radical (unpaired) electrons. The summed E-state index contributed by atoms with van der Waals surface area (Å²) >= 11 is 0. The summed E-state index contributed by atoms with van der Waals surface area (Å²) in [5, 5.41) is 9.35. The Hall–Kier alpha value is -3.81. The standard InChI is InChI=1S/C23H25N5O3/c1-15-3-6-18(7-4-15)27-21-11-16(2)26-23(28-21)25-10-9-24-22(29)13-17-5-8-19-20(12-17)31-14-30-19/h3-8,11-12H,9-10,13-14H2,1-2H3,(H,24,29)(H2,25,26,27,28). The van der Waals surface area contributed by atoms with E-state index in [1.807, 2.05) is 55.5 Å². The zero-order chi connectivity index (χ0) is 21.6. The molecule has 0 atom stereocenters. The molecule has 1 amide bonds. The number of rotatable bonds is 8. The fourth-order valence-electron chi connectivity index (χ4n) is 3.17. The molecule has 0 saturated carbocycles. The summed E-state index contributed by atoms with van der Waals surface area (Å²) in [6.45, 7) is 5.16. The Bertz CT molecular complexity index is 1070. The van der Waals surface area contributed by atoms with Gasteiger partial charge in [-0.15, -0.1) is 0 Å². The van der Waals surface area contributed by atoms with Gasteiger partial charge in [-0.3, -0.25) is 4.79 Å². The van der Waals surface area contributed by atoms with Gasteiger partial charge in [0.1, 0.15) is 5.82 Å². The Morgan fingerprint density at radius 2 is 1.77 bits per heavy atom. The normalized spacial score (nSPS) is 11.8. The first-order valence-corrected chi connectivity index (χ1v) is 10.1. The van der Waals surface area contributed by atoms with Gasteiger partial charge in [0, 0.05) is 30.5 Å². The fourth-order valence-corrected chi connectivity index (χ4v) is 3.17. The molecule has 2 heterocycles. The third-order valence-corrected chi connectivity index (χ3v) is 4.71. The lowest BCUT2D eigenvalue weighted by Crippen LogP contribution is -2.30. The molecule has 3 N–H and O–H groups in total. The van der Waals surface area contributed by atoms with Crippen LogP contribution in [0.2, 0.25) is 0 Å². The molecule has 0 bridgehead atoms. The van der Waals surface area contributed by atoms with Gasteiger partial charge in [-0.2, -0.15) is 4.98 Å². The molecule has 0 aliphatic carbocycles. The summed E-state index contributed by atoms with van der Waals surface area (Å²) in [4.78, 5) is 21.1. The molecule has 1 aliphatic rings. The minimum Gasteiger partial charge on any atom is -0.454 e. The Kier molecular flexibility index (Phi) is 6.16. The van der Waals surface area contributed by atoms with Gasteiger partial charge in [0.05, 0.1) is 6.42 Å². The van der Waals surface area contributed by atoms with Crippen LogP contribution in [0.3, 0.4) is 0 Å². The summed E-state index contributed by atoms with van der Waals surface area (Å²) in [5.41, 5.74) is 3.89. The zero-order valence-electron chi connectivity index (χ0n) is 17.6. The highest BCUT2D eigenvalue weighted by molar-refractivity contribution is 5.78. The first-order valence-electron chi connectivity index (χ1n) is 10.1. The lowest BCUT2D eigenvalue weighted by Gasteiger charge is -2.11. The van der Waals surface area contributed by atoms with Crippen LogP contribution < -0.4 is 25.4 Å². The quantitative estimate of drug-likeness (QED) is 0.482. The topological polar surface area (TPSA) is 97.4 Å². The van der Waals surface area contributed by atoms with Crippen LogP contribution in [-0.4, -0.2) is 35.8 Å². The third kappa shape index (κ3) is 5.63. The maximum Gasteiger partial charge on any atom is 0.231 e. The second kappa shape index (κ2) is 9.34. The van der Waals surface area contributed by atoms with Gasteiger partial charge in [-0.1, -0.05) is 23.8 Å². The number of aryl methyl sites for hydroxylation is 2. The molecule has 31 heavy (non-hydrogen) atoms. The minimum absolute atomic E-state index is 0.0625. The Morgan fingerprint density at radius 3 is 2.61 bits per heavy atom. The molecule has 2 aromatic carbocycles. The molecule has 0 spiro atoms. The van der Waals surface area contributed by atoms with Crippen molar-refractivity contribution in [2.75, 3.05) is 30.5 Å². The zero-order valence-corrected chi connectivity index (χ0v) is 17.6. The number of anilines is 3. The molecule has 3 aromatic rings. The van der Waals surface area contributed by atoms with Crippen LogP contribution in [0.25, 0.3) is 0 Å². The van der Waals surface area contributed by atoms with Gasteiger partial charge in [0.25, 0.3) is 0 Å². The van der Waals surface area contributed by atoms with Crippen LogP contribution >= 0.6 is 0 Å². The number of carbonyl (C=O) groups excluding carboxylic acids is 1. The lowest BCUT2D eigenvalue weighted by atomic mass is 10.1. The maximum absolute atomic E-state index is 12.2.